The van der Waals surface area contributed by atoms with Crippen molar-refractivity contribution in [3.63, 3.8) is 0 Å². The molecule has 1 amide bonds. The molecule has 1 fully saturated rings. The molecule has 0 aromatic heterocycles. The highest BCUT2D eigenvalue weighted by Crippen LogP contribution is 2.24. The van der Waals surface area contributed by atoms with Gasteiger partial charge in [-0.2, -0.15) is 4.31 Å². The van der Waals surface area contributed by atoms with Crippen LogP contribution in [0.5, 0.6) is 5.75 Å². The van der Waals surface area contributed by atoms with Gasteiger partial charge in [-0.25, -0.2) is 8.42 Å². The zero-order chi connectivity index (χ0) is 21.0. The van der Waals surface area contributed by atoms with E-state index in [9.17, 15) is 18.3 Å². The van der Waals surface area contributed by atoms with Gasteiger partial charge in [-0.15, -0.1) is 0 Å². The Morgan fingerprint density at radius 2 is 1.76 bits per heavy atom. The summed E-state index contributed by atoms with van der Waals surface area (Å²) >= 11 is 0. The molecule has 1 aliphatic heterocycles. The number of carbonyl (C=O) groups is 1. The molecule has 0 unspecified atom stereocenters. The lowest BCUT2D eigenvalue weighted by Crippen LogP contribution is -2.48. The number of aryl methyl sites for hydroxylation is 1. The van der Waals surface area contributed by atoms with Crippen molar-refractivity contribution in [1.82, 2.24) is 15.2 Å². The zero-order valence-corrected chi connectivity index (χ0v) is 17.1. The molecule has 2 aromatic carbocycles. The predicted molar refractivity (Wildman–Crippen MR) is 111 cm³/mol. The minimum Gasteiger partial charge on any atom is -0.508 e. The van der Waals surface area contributed by atoms with Gasteiger partial charge in [0.1, 0.15) is 5.75 Å². The molecule has 1 aliphatic rings. The predicted octanol–water partition coefficient (Wildman–Crippen LogP) is 2.39. The van der Waals surface area contributed by atoms with Gasteiger partial charge in [0.05, 0.1) is 16.5 Å². The third-order valence-corrected chi connectivity index (χ3v) is 6.85. The molecular weight excluding hydrogens is 390 g/mol. The first-order valence-electron chi connectivity index (χ1n) is 9.38. The second-order valence-corrected chi connectivity index (χ2v) is 9.09. The molecule has 0 saturated carbocycles. The number of amides is 1. The van der Waals surface area contributed by atoms with E-state index in [4.69, 9.17) is 0 Å². The van der Waals surface area contributed by atoms with Crippen LogP contribution in [0.2, 0.25) is 0 Å². The van der Waals surface area contributed by atoms with Gasteiger partial charge in [-0.05, 0) is 61.7 Å². The van der Waals surface area contributed by atoms with Crippen LogP contribution < -0.4 is 10.9 Å². The molecule has 2 aromatic rings. The van der Waals surface area contributed by atoms with Crippen molar-refractivity contribution in [3.05, 3.63) is 66.2 Å². The number of hydrogen-bond acceptors (Lipinski definition) is 5. The number of piperidine rings is 1. The van der Waals surface area contributed by atoms with Crippen molar-refractivity contribution < 1.29 is 18.3 Å². The number of sulfonamides is 1. The number of phenolic OH excluding ortho intramolecular Hbond substituents is 1. The van der Waals surface area contributed by atoms with Gasteiger partial charge < -0.3 is 5.11 Å². The molecule has 0 bridgehead atoms. The van der Waals surface area contributed by atoms with Crippen molar-refractivity contribution in [1.29, 1.82) is 0 Å². The van der Waals surface area contributed by atoms with Gasteiger partial charge in [0.15, 0.2) is 0 Å². The number of carbonyl (C=O) groups excluding carboxylic acids is 1. The van der Waals surface area contributed by atoms with Crippen molar-refractivity contribution in [2.45, 2.75) is 24.7 Å². The van der Waals surface area contributed by atoms with E-state index in [1.165, 1.54) is 16.4 Å². The summed E-state index contributed by atoms with van der Waals surface area (Å²) in [5, 5.41) is 9.34. The Labute approximate surface area is 171 Å². The number of phenols is 1. The average Bonchev–Trinajstić information content (AvgIpc) is 2.72. The third-order valence-electron chi connectivity index (χ3n) is 4.97. The van der Waals surface area contributed by atoms with Crippen LogP contribution in [0.25, 0.3) is 5.70 Å². The van der Waals surface area contributed by atoms with Gasteiger partial charge in [-0.1, -0.05) is 24.3 Å². The summed E-state index contributed by atoms with van der Waals surface area (Å²) in [6, 6.07) is 13.1. The van der Waals surface area contributed by atoms with Crippen molar-refractivity contribution in [2.75, 3.05) is 13.1 Å². The van der Waals surface area contributed by atoms with Crippen LogP contribution in [0.3, 0.4) is 0 Å². The number of aromatic hydroxyl groups is 1. The molecule has 0 spiro atoms. The summed E-state index contributed by atoms with van der Waals surface area (Å²) < 4.78 is 27.2. The van der Waals surface area contributed by atoms with Crippen LogP contribution >= 0.6 is 0 Å². The highest BCUT2D eigenvalue weighted by atomic mass is 32.2. The maximum absolute atomic E-state index is 12.9. The summed E-state index contributed by atoms with van der Waals surface area (Å²) in [7, 11) is -3.63. The number of hydrazine groups is 1. The number of nitrogens with one attached hydrogen (secondary N) is 2. The molecule has 7 nitrogen and oxygen atoms in total. The van der Waals surface area contributed by atoms with Crippen LogP contribution in [-0.4, -0.2) is 36.8 Å². The summed E-state index contributed by atoms with van der Waals surface area (Å²) in [5.74, 6) is -0.597. The molecule has 3 rings (SSSR count). The Morgan fingerprint density at radius 1 is 1.10 bits per heavy atom. The monoisotopic (exact) mass is 415 g/mol. The summed E-state index contributed by atoms with van der Waals surface area (Å²) in [4.78, 5) is 12.8. The van der Waals surface area contributed by atoms with E-state index in [1.54, 1.807) is 36.4 Å². The Kier molecular flexibility index (Phi) is 6.24. The Morgan fingerprint density at radius 3 is 2.41 bits per heavy atom. The van der Waals surface area contributed by atoms with E-state index in [-0.39, 0.29) is 23.1 Å². The maximum atomic E-state index is 12.9. The lowest BCUT2D eigenvalue weighted by molar-refractivity contribution is -0.126. The van der Waals surface area contributed by atoms with Crippen molar-refractivity contribution in [3.8, 4) is 5.75 Å². The Balaban J connectivity index is 1.61. The van der Waals surface area contributed by atoms with Crippen LogP contribution in [0.15, 0.2) is 60.0 Å². The van der Waals surface area contributed by atoms with E-state index < -0.39 is 15.9 Å². The molecule has 1 saturated heterocycles. The van der Waals surface area contributed by atoms with Crippen LogP contribution in [0, 0.1) is 12.8 Å². The first-order chi connectivity index (χ1) is 13.8. The van der Waals surface area contributed by atoms with Gasteiger partial charge in [0.25, 0.3) is 0 Å². The molecule has 8 heteroatoms. The molecular formula is C21H25N3O4S. The third kappa shape index (κ3) is 4.96. The Hall–Kier alpha value is -2.84. The zero-order valence-electron chi connectivity index (χ0n) is 16.3. The van der Waals surface area contributed by atoms with Crippen LogP contribution in [0.1, 0.15) is 24.0 Å². The first kappa shape index (κ1) is 20.9. The quantitative estimate of drug-likeness (QED) is 0.629. The summed E-state index contributed by atoms with van der Waals surface area (Å²) in [6.07, 6.45) is 1.22. The highest BCUT2D eigenvalue weighted by molar-refractivity contribution is 7.89. The molecule has 0 aliphatic carbocycles. The normalized spacial score (nSPS) is 17.5. The maximum Gasteiger partial charge on any atom is 0.243 e. The highest BCUT2D eigenvalue weighted by Gasteiger charge is 2.33. The topological polar surface area (TPSA) is 98.7 Å². The van der Waals surface area contributed by atoms with Crippen LogP contribution in [-0.2, 0) is 14.8 Å². The van der Waals surface area contributed by atoms with Gasteiger partial charge in [-0.3, -0.25) is 15.6 Å². The van der Waals surface area contributed by atoms with E-state index in [0.717, 1.165) is 11.1 Å². The summed E-state index contributed by atoms with van der Waals surface area (Å²) in [5.41, 5.74) is 7.55. The molecule has 1 heterocycles. The number of nitrogens with zero attached hydrogens (tertiary/aromatic N) is 1. The van der Waals surface area contributed by atoms with Gasteiger partial charge in [0, 0.05) is 13.1 Å². The van der Waals surface area contributed by atoms with Gasteiger partial charge in [0.2, 0.25) is 15.9 Å². The fraction of sp³-hybridized carbons (Fsp3) is 0.286. The van der Waals surface area contributed by atoms with E-state index in [0.29, 0.717) is 25.1 Å². The molecule has 3 N–H and O–H groups in total. The molecule has 1 atom stereocenters. The second kappa shape index (κ2) is 8.67. The lowest BCUT2D eigenvalue weighted by atomic mass is 9.99. The number of rotatable bonds is 6. The number of hydrogen-bond donors (Lipinski definition) is 3. The standard InChI is InChI=1S/C21H25N3O4S/c1-15-5-11-20(12-6-15)29(27,28)24-13-3-4-18(14-24)21(26)23-22-16(2)17-7-9-19(25)10-8-17/h5-12,18,22,25H,2-4,13-14H2,1H3,(H,23,26)/t18-/m0/s1. The smallest absolute Gasteiger partial charge is 0.243 e. The molecule has 0 radical (unpaired) electrons. The summed E-state index contributed by atoms with van der Waals surface area (Å²) in [6.45, 7) is 6.29. The lowest BCUT2D eigenvalue weighted by Gasteiger charge is -2.31. The Bertz CT molecular complexity index is 986. The molecule has 154 valence electrons. The average molecular weight is 416 g/mol. The SMILES string of the molecule is C=C(NNC(=O)[C@H]1CCCN(S(=O)(=O)c2ccc(C)cc2)C1)c1ccc(O)cc1. The van der Waals surface area contributed by atoms with E-state index in [1.807, 2.05) is 6.92 Å². The fourth-order valence-electron chi connectivity index (χ4n) is 3.21. The van der Waals surface area contributed by atoms with Gasteiger partial charge >= 0.3 is 0 Å². The molecule has 29 heavy (non-hydrogen) atoms. The van der Waals surface area contributed by atoms with Crippen molar-refractivity contribution in [2.24, 2.45) is 5.92 Å². The minimum atomic E-state index is -3.63. The fourth-order valence-corrected chi connectivity index (χ4v) is 4.73. The van der Waals surface area contributed by atoms with Crippen molar-refractivity contribution >= 4 is 21.6 Å². The largest absolute Gasteiger partial charge is 0.508 e. The van der Waals surface area contributed by atoms with E-state index in [2.05, 4.69) is 17.4 Å². The second-order valence-electron chi connectivity index (χ2n) is 7.15. The van der Waals surface area contributed by atoms with E-state index >= 15 is 0 Å². The minimum absolute atomic E-state index is 0.134. The van der Waals surface area contributed by atoms with Crippen LogP contribution in [0.4, 0.5) is 0 Å². The number of benzene rings is 2. The first-order valence-corrected chi connectivity index (χ1v) is 10.8.